The molecular weight excluding hydrogens is 444 g/mol. The van der Waals surface area contributed by atoms with Crippen molar-refractivity contribution in [2.75, 3.05) is 19.1 Å². The molecule has 0 aliphatic carbocycles. The first kappa shape index (κ1) is 22.4. The molecule has 0 saturated carbocycles. The van der Waals surface area contributed by atoms with E-state index in [4.69, 9.17) is 21.1 Å². The van der Waals surface area contributed by atoms with Gasteiger partial charge >= 0.3 is 0 Å². The molecule has 1 N–H and O–H groups in total. The van der Waals surface area contributed by atoms with Crippen LogP contribution in [0.3, 0.4) is 0 Å². The van der Waals surface area contributed by atoms with Gasteiger partial charge in [0.15, 0.2) is 0 Å². The lowest BCUT2D eigenvalue weighted by molar-refractivity contribution is -0.132. The topological polar surface area (TPSA) is 89.0 Å². The summed E-state index contributed by atoms with van der Waals surface area (Å²) in [5.74, 6) is -1.18. The van der Waals surface area contributed by atoms with E-state index >= 15 is 0 Å². The van der Waals surface area contributed by atoms with Crippen LogP contribution in [0.4, 0.5) is 5.69 Å². The van der Waals surface area contributed by atoms with E-state index in [1.165, 1.54) is 19.1 Å². The summed E-state index contributed by atoms with van der Waals surface area (Å²) in [4.78, 5) is 32.0. The van der Waals surface area contributed by atoms with E-state index < -0.39 is 17.7 Å². The van der Waals surface area contributed by atoms with Crippen molar-refractivity contribution in [2.45, 2.75) is 13.0 Å². The first-order valence-corrected chi connectivity index (χ1v) is 10.4. The first-order valence-electron chi connectivity index (χ1n) is 10.1. The minimum atomic E-state index is -0.902. The molecule has 0 radical (unpaired) electrons. The average molecular weight is 465 g/mol. The molecule has 1 atom stereocenters. The number of aliphatic hydroxyl groups is 1. The number of methoxy groups -OCH3 is 2. The second-order valence-corrected chi connectivity index (χ2v) is 7.81. The molecule has 1 aromatic heterocycles. The van der Waals surface area contributed by atoms with Crippen LogP contribution in [0.5, 0.6) is 11.5 Å². The summed E-state index contributed by atoms with van der Waals surface area (Å²) in [6.07, 6.45) is 3.12. The molecular formula is C25H21ClN2O5. The molecule has 1 aliphatic heterocycles. The molecule has 168 valence electrons. The zero-order chi connectivity index (χ0) is 23.7. The summed E-state index contributed by atoms with van der Waals surface area (Å²) in [5.41, 5.74) is 1.88. The lowest BCUT2D eigenvalue weighted by Crippen LogP contribution is -2.30. The highest BCUT2D eigenvalue weighted by atomic mass is 35.5. The molecule has 8 heteroatoms. The van der Waals surface area contributed by atoms with Crippen LogP contribution in [0.25, 0.3) is 5.76 Å². The number of halogens is 1. The van der Waals surface area contributed by atoms with E-state index in [9.17, 15) is 14.7 Å². The quantitative estimate of drug-likeness (QED) is 0.335. The number of rotatable bonds is 5. The predicted octanol–water partition coefficient (Wildman–Crippen LogP) is 4.69. The van der Waals surface area contributed by atoms with Crippen LogP contribution in [-0.2, 0) is 9.59 Å². The standard InChI is InChI=1S/C25H21ClN2O5/c1-14-18(26)5-4-6-19(14)28-22(15-9-11-27-12-10-15)21(24(30)25(28)31)23(29)17-13-16(32-2)7-8-20(17)33-3/h4-13,22,29H,1-3H3/b23-21+. The number of carbonyl (C=O) groups excluding carboxylic acids is 2. The molecule has 0 spiro atoms. The zero-order valence-corrected chi connectivity index (χ0v) is 19.0. The third kappa shape index (κ3) is 3.81. The number of Topliss-reactive ketones (excluding diaryl/α,β-unsaturated/α-hetero) is 1. The van der Waals surface area contributed by atoms with Crippen molar-refractivity contribution >= 4 is 34.7 Å². The molecule has 1 aliphatic rings. The monoisotopic (exact) mass is 464 g/mol. The zero-order valence-electron chi connectivity index (χ0n) is 18.2. The summed E-state index contributed by atoms with van der Waals surface area (Å²) in [7, 11) is 2.94. The van der Waals surface area contributed by atoms with Crippen LogP contribution in [0.2, 0.25) is 5.02 Å². The number of aliphatic hydroxyl groups excluding tert-OH is 1. The molecule has 4 rings (SSSR count). The smallest absolute Gasteiger partial charge is 0.300 e. The summed E-state index contributed by atoms with van der Waals surface area (Å²) >= 11 is 6.31. The Hall–Kier alpha value is -3.84. The van der Waals surface area contributed by atoms with E-state index in [2.05, 4.69) is 4.98 Å². The van der Waals surface area contributed by atoms with Crippen molar-refractivity contribution in [1.82, 2.24) is 4.98 Å². The number of pyridine rings is 1. The summed E-state index contributed by atoms with van der Waals surface area (Å²) in [6.45, 7) is 1.77. The largest absolute Gasteiger partial charge is 0.507 e. The summed E-state index contributed by atoms with van der Waals surface area (Å²) in [5, 5.41) is 11.8. The van der Waals surface area contributed by atoms with E-state index in [1.54, 1.807) is 67.8 Å². The molecule has 1 amide bonds. The van der Waals surface area contributed by atoms with Gasteiger partial charge in [-0.2, -0.15) is 0 Å². The molecule has 2 aromatic carbocycles. The predicted molar refractivity (Wildman–Crippen MR) is 125 cm³/mol. The lowest BCUT2D eigenvalue weighted by atomic mass is 9.95. The second kappa shape index (κ2) is 8.96. The Morgan fingerprint density at radius 2 is 1.79 bits per heavy atom. The Labute approximate surface area is 195 Å². The van der Waals surface area contributed by atoms with Crippen molar-refractivity contribution in [1.29, 1.82) is 0 Å². The van der Waals surface area contributed by atoms with Crippen molar-refractivity contribution in [2.24, 2.45) is 0 Å². The van der Waals surface area contributed by atoms with Crippen molar-refractivity contribution in [3.05, 3.63) is 88.2 Å². The Morgan fingerprint density at radius 1 is 1.06 bits per heavy atom. The fraction of sp³-hybridized carbons (Fsp3) is 0.160. The van der Waals surface area contributed by atoms with Gasteiger partial charge in [-0.15, -0.1) is 0 Å². The molecule has 3 aromatic rings. The van der Waals surface area contributed by atoms with Gasteiger partial charge in [0.05, 0.1) is 31.4 Å². The minimum absolute atomic E-state index is 0.0721. The maximum Gasteiger partial charge on any atom is 0.300 e. The van der Waals surface area contributed by atoms with E-state index in [1.807, 2.05) is 0 Å². The van der Waals surface area contributed by atoms with Crippen LogP contribution in [0, 0.1) is 6.92 Å². The number of nitrogens with zero attached hydrogens (tertiary/aromatic N) is 2. The molecule has 2 heterocycles. The molecule has 1 saturated heterocycles. The number of benzene rings is 2. The van der Waals surface area contributed by atoms with Gasteiger partial charge in [0.1, 0.15) is 17.3 Å². The summed E-state index contributed by atoms with van der Waals surface area (Å²) in [6, 6.07) is 12.5. The van der Waals surface area contributed by atoms with Gasteiger partial charge in [0.25, 0.3) is 11.7 Å². The second-order valence-electron chi connectivity index (χ2n) is 7.40. The number of hydrogen-bond donors (Lipinski definition) is 1. The first-order chi connectivity index (χ1) is 15.9. The van der Waals surface area contributed by atoms with Gasteiger partial charge in [-0.05, 0) is 60.5 Å². The van der Waals surface area contributed by atoms with E-state index in [0.717, 1.165) is 0 Å². The number of ketones is 1. The minimum Gasteiger partial charge on any atom is -0.507 e. The third-order valence-electron chi connectivity index (χ3n) is 5.63. The molecule has 33 heavy (non-hydrogen) atoms. The maximum atomic E-state index is 13.3. The Bertz CT molecular complexity index is 1270. The number of hydrogen-bond acceptors (Lipinski definition) is 6. The van der Waals surface area contributed by atoms with Crippen molar-refractivity contribution in [3.8, 4) is 11.5 Å². The summed E-state index contributed by atoms with van der Waals surface area (Å²) < 4.78 is 10.7. The van der Waals surface area contributed by atoms with Gasteiger partial charge < -0.3 is 14.6 Å². The molecule has 1 fully saturated rings. The third-order valence-corrected chi connectivity index (χ3v) is 6.04. The Morgan fingerprint density at radius 3 is 2.45 bits per heavy atom. The average Bonchev–Trinajstić information content (AvgIpc) is 3.10. The lowest BCUT2D eigenvalue weighted by Gasteiger charge is -2.27. The molecule has 7 nitrogen and oxygen atoms in total. The van der Waals surface area contributed by atoms with E-state index in [-0.39, 0.29) is 16.9 Å². The van der Waals surface area contributed by atoms with Crippen LogP contribution in [0.1, 0.15) is 22.7 Å². The number of amides is 1. The highest BCUT2D eigenvalue weighted by Gasteiger charge is 2.47. The SMILES string of the molecule is COc1ccc(OC)c(/C(O)=C2\C(=O)C(=O)N(c3cccc(Cl)c3C)C2c2ccncc2)c1. The van der Waals surface area contributed by atoms with Gasteiger partial charge in [0, 0.05) is 23.1 Å². The normalized spacial score (nSPS) is 17.3. The van der Waals surface area contributed by atoms with Crippen molar-refractivity contribution in [3.63, 3.8) is 0 Å². The van der Waals surface area contributed by atoms with Gasteiger partial charge in [-0.25, -0.2) is 0 Å². The van der Waals surface area contributed by atoms with E-state index in [0.29, 0.717) is 33.3 Å². The van der Waals surface area contributed by atoms with Gasteiger partial charge in [0.2, 0.25) is 0 Å². The van der Waals surface area contributed by atoms with Gasteiger partial charge in [-0.3, -0.25) is 19.5 Å². The van der Waals surface area contributed by atoms with Gasteiger partial charge in [-0.1, -0.05) is 17.7 Å². The highest BCUT2D eigenvalue weighted by Crippen LogP contribution is 2.45. The molecule has 0 bridgehead atoms. The van der Waals surface area contributed by atoms with Crippen LogP contribution >= 0.6 is 11.6 Å². The number of carbonyl (C=O) groups is 2. The maximum absolute atomic E-state index is 13.3. The van der Waals surface area contributed by atoms with Crippen LogP contribution in [-0.4, -0.2) is 36.0 Å². The van der Waals surface area contributed by atoms with Crippen LogP contribution in [0.15, 0.2) is 66.5 Å². The number of aromatic nitrogens is 1. The van der Waals surface area contributed by atoms with Crippen LogP contribution < -0.4 is 14.4 Å². The van der Waals surface area contributed by atoms with Crippen molar-refractivity contribution < 1.29 is 24.2 Å². The fourth-order valence-corrected chi connectivity index (χ4v) is 4.11. The number of anilines is 1. The highest BCUT2D eigenvalue weighted by molar-refractivity contribution is 6.52. The molecule has 1 unspecified atom stereocenters. The number of ether oxygens (including phenoxy) is 2. The Kier molecular flexibility index (Phi) is 6.07. The Balaban J connectivity index is 2.01. The fourth-order valence-electron chi connectivity index (χ4n) is 3.94.